The standard InChI is InChI=1S/C22H15FN6/c23-20-14-24-11-12-29(20)15-7-8-16-19(13-15)28-22(18-6-2-4-10-26-18)21(27-16)17-5-1-3-9-25-17/h1-14,24H. The molecule has 0 spiro atoms. The number of hydrogen-bond donors (Lipinski definition) is 1. The maximum Gasteiger partial charge on any atom is 0.214 e. The van der Waals surface area contributed by atoms with Crippen LogP contribution in [-0.2, 0) is 0 Å². The topological polar surface area (TPSA) is 66.8 Å². The van der Waals surface area contributed by atoms with Gasteiger partial charge in [-0.1, -0.05) is 12.1 Å². The van der Waals surface area contributed by atoms with Gasteiger partial charge < -0.3 is 5.32 Å². The lowest BCUT2D eigenvalue weighted by atomic mass is 10.1. The first-order valence-corrected chi connectivity index (χ1v) is 9.02. The summed E-state index contributed by atoms with van der Waals surface area (Å²) in [4.78, 5) is 19.9. The minimum atomic E-state index is -0.408. The summed E-state index contributed by atoms with van der Waals surface area (Å²) in [6, 6.07) is 16.7. The molecular weight excluding hydrogens is 367 g/mol. The molecule has 0 bridgehead atoms. The number of pyridine rings is 2. The number of fused-ring (bicyclic) bond motifs is 1. The van der Waals surface area contributed by atoms with Crippen LogP contribution < -0.4 is 10.2 Å². The van der Waals surface area contributed by atoms with E-state index in [4.69, 9.17) is 9.97 Å². The van der Waals surface area contributed by atoms with Gasteiger partial charge in [-0.15, -0.1) is 0 Å². The van der Waals surface area contributed by atoms with Crippen LogP contribution in [0.25, 0.3) is 33.8 Å². The predicted octanol–water partition coefficient (Wildman–Crippen LogP) is 4.40. The van der Waals surface area contributed by atoms with Gasteiger partial charge in [0, 0.05) is 24.8 Å². The van der Waals surface area contributed by atoms with Crippen molar-refractivity contribution in [3.63, 3.8) is 0 Å². The largest absolute Gasteiger partial charge is 0.363 e. The number of anilines is 1. The van der Waals surface area contributed by atoms with E-state index in [9.17, 15) is 4.39 Å². The van der Waals surface area contributed by atoms with Gasteiger partial charge in [0.15, 0.2) is 0 Å². The van der Waals surface area contributed by atoms with Crippen LogP contribution in [0.5, 0.6) is 0 Å². The Hall–Kier alpha value is -4.13. The highest BCUT2D eigenvalue weighted by atomic mass is 19.1. The first-order chi connectivity index (χ1) is 14.3. The molecule has 1 aromatic carbocycles. The van der Waals surface area contributed by atoms with E-state index < -0.39 is 5.95 Å². The Bertz CT molecular complexity index is 1240. The molecule has 29 heavy (non-hydrogen) atoms. The molecular formula is C22H15FN6. The van der Waals surface area contributed by atoms with Crippen molar-refractivity contribution in [3.05, 3.63) is 91.5 Å². The zero-order valence-corrected chi connectivity index (χ0v) is 15.2. The second kappa shape index (κ2) is 7.12. The van der Waals surface area contributed by atoms with Crippen LogP contribution in [-0.4, -0.2) is 19.9 Å². The molecule has 3 aromatic heterocycles. The van der Waals surface area contributed by atoms with Gasteiger partial charge in [-0.3, -0.25) is 14.9 Å². The molecule has 6 nitrogen and oxygen atoms in total. The minimum Gasteiger partial charge on any atom is -0.363 e. The molecule has 0 unspecified atom stereocenters. The van der Waals surface area contributed by atoms with Crippen molar-refractivity contribution < 1.29 is 4.39 Å². The van der Waals surface area contributed by atoms with Crippen molar-refractivity contribution in [1.82, 2.24) is 25.3 Å². The third-order valence-corrected chi connectivity index (χ3v) is 4.49. The number of nitrogens with one attached hydrogen (secondary N) is 1. The van der Waals surface area contributed by atoms with Crippen molar-refractivity contribution in [2.24, 2.45) is 0 Å². The lowest BCUT2D eigenvalue weighted by Crippen LogP contribution is -2.19. The molecule has 4 heterocycles. The SMILES string of the molecule is FC1=CNC=CN1c1ccc2nc(-c3ccccn3)c(-c3ccccn3)nc2c1. The molecule has 7 heteroatoms. The van der Waals surface area contributed by atoms with Crippen molar-refractivity contribution >= 4 is 16.7 Å². The molecule has 1 aliphatic rings. The maximum absolute atomic E-state index is 14.2. The summed E-state index contributed by atoms with van der Waals surface area (Å²) >= 11 is 0. The molecule has 0 fully saturated rings. The van der Waals surface area contributed by atoms with Gasteiger partial charge >= 0.3 is 0 Å². The number of hydrogen-bond acceptors (Lipinski definition) is 6. The number of rotatable bonds is 3. The average Bonchev–Trinajstić information content (AvgIpc) is 2.79. The normalized spacial score (nSPS) is 13.3. The monoisotopic (exact) mass is 382 g/mol. The first kappa shape index (κ1) is 17.0. The van der Waals surface area contributed by atoms with Crippen LogP contribution in [0.3, 0.4) is 0 Å². The van der Waals surface area contributed by atoms with Crippen molar-refractivity contribution in [2.75, 3.05) is 4.90 Å². The van der Waals surface area contributed by atoms with Crippen LogP contribution in [0, 0.1) is 0 Å². The Labute approximate surface area is 166 Å². The summed E-state index contributed by atoms with van der Waals surface area (Å²) in [5, 5.41) is 2.73. The number of halogens is 1. The van der Waals surface area contributed by atoms with Gasteiger partial charge in [-0.25, -0.2) is 9.97 Å². The highest BCUT2D eigenvalue weighted by Crippen LogP contribution is 2.31. The number of benzene rings is 1. The number of nitrogens with zero attached hydrogens (tertiary/aromatic N) is 5. The summed E-state index contributed by atoms with van der Waals surface area (Å²) in [5.41, 5.74) is 4.67. The van der Waals surface area contributed by atoms with Crippen molar-refractivity contribution in [2.45, 2.75) is 0 Å². The minimum absolute atomic E-state index is 0.408. The van der Waals surface area contributed by atoms with Gasteiger partial charge in [0.2, 0.25) is 5.95 Å². The fourth-order valence-electron chi connectivity index (χ4n) is 3.14. The smallest absolute Gasteiger partial charge is 0.214 e. The quantitative estimate of drug-likeness (QED) is 0.530. The first-order valence-electron chi connectivity index (χ1n) is 9.02. The van der Waals surface area contributed by atoms with E-state index in [1.807, 2.05) is 48.5 Å². The molecule has 140 valence electrons. The second-order valence-electron chi connectivity index (χ2n) is 6.34. The highest BCUT2D eigenvalue weighted by Gasteiger charge is 2.17. The second-order valence-corrected chi connectivity index (χ2v) is 6.34. The Balaban J connectivity index is 1.71. The summed E-state index contributed by atoms with van der Waals surface area (Å²) in [7, 11) is 0. The zero-order chi connectivity index (χ0) is 19.6. The summed E-state index contributed by atoms with van der Waals surface area (Å²) in [6.07, 6.45) is 8.00. The Kier molecular flexibility index (Phi) is 4.18. The Morgan fingerprint density at radius 1 is 0.793 bits per heavy atom. The molecule has 5 rings (SSSR count). The maximum atomic E-state index is 14.2. The van der Waals surface area contributed by atoms with Crippen LogP contribution in [0.4, 0.5) is 10.1 Å². The van der Waals surface area contributed by atoms with Gasteiger partial charge in [-0.05, 0) is 42.5 Å². The van der Waals surface area contributed by atoms with E-state index in [-0.39, 0.29) is 0 Å². The fraction of sp³-hybridized carbons (Fsp3) is 0. The molecule has 0 atom stereocenters. The van der Waals surface area contributed by atoms with E-state index in [0.717, 1.165) is 0 Å². The molecule has 0 radical (unpaired) electrons. The molecule has 0 saturated heterocycles. The summed E-state index contributed by atoms with van der Waals surface area (Å²) < 4.78 is 14.2. The van der Waals surface area contributed by atoms with Crippen LogP contribution in [0.1, 0.15) is 0 Å². The Morgan fingerprint density at radius 3 is 2.10 bits per heavy atom. The molecule has 4 aromatic rings. The lowest BCUT2D eigenvalue weighted by Gasteiger charge is -2.21. The van der Waals surface area contributed by atoms with E-state index in [1.54, 1.807) is 30.9 Å². The Morgan fingerprint density at radius 2 is 1.48 bits per heavy atom. The van der Waals surface area contributed by atoms with E-state index >= 15 is 0 Å². The van der Waals surface area contributed by atoms with Crippen LogP contribution in [0.2, 0.25) is 0 Å². The molecule has 1 N–H and O–H groups in total. The molecule has 0 aliphatic carbocycles. The van der Waals surface area contributed by atoms with Crippen molar-refractivity contribution in [1.29, 1.82) is 0 Å². The third-order valence-electron chi connectivity index (χ3n) is 4.49. The molecule has 1 aliphatic heterocycles. The van der Waals surface area contributed by atoms with Crippen LogP contribution in [0.15, 0.2) is 91.5 Å². The summed E-state index contributed by atoms with van der Waals surface area (Å²) in [6.45, 7) is 0. The van der Waals surface area contributed by atoms with Gasteiger partial charge in [0.1, 0.15) is 11.4 Å². The van der Waals surface area contributed by atoms with E-state index in [0.29, 0.717) is 39.5 Å². The van der Waals surface area contributed by atoms with Gasteiger partial charge in [0.25, 0.3) is 0 Å². The third kappa shape index (κ3) is 3.19. The molecule has 0 amide bonds. The van der Waals surface area contributed by atoms with E-state index in [1.165, 1.54) is 11.1 Å². The predicted molar refractivity (Wildman–Crippen MR) is 110 cm³/mol. The average molecular weight is 382 g/mol. The van der Waals surface area contributed by atoms with Crippen LogP contribution >= 0.6 is 0 Å². The zero-order valence-electron chi connectivity index (χ0n) is 15.2. The highest BCUT2D eigenvalue weighted by molar-refractivity contribution is 5.86. The lowest BCUT2D eigenvalue weighted by molar-refractivity contribution is 0.602. The summed E-state index contributed by atoms with van der Waals surface area (Å²) in [5.74, 6) is -0.408. The molecule has 0 saturated carbocycles. The number of aromatic nitrogens is 4. The van der Waals surface area contributed by atoms with Crippen molar-refractivity contribution in [3.8, 4) is 22.8 Å². The van der Waals surface area contributed by atoms with E-state index in [2.05, 4.69) is 15.3 Å². The fourth-order valence-corrected chi connectivity index (χ4v) is 3.14. The van der Waals surface area contributed by atoms with Gasteiger partial charge in [-0.2, -0.15) is 4.39 Å². The van der Waals surface area contributed by atoms with Gasteiger partial charge in [0.05, 0.1) is 34.3 Å².